The molecule has 2 N–H and O–H groups in total. The predicted molar refractivity (Wildman–Crippen MR) is 53.4 cm³/mol. The maximum absolute atomic E-state index is 13.0. The van der Waals surface area contributed by atoms with Crippen LogP contribution in [0.3, 0.4) is 0 Å². The number of hydrogen-bond donors (Lipinski definition) is 1. The van der Waals surface area contributed by atoms with Gasteiger partial charge in [-0.05, 0) is 17.7 Å². The molecule has 0 fully saturated rings. The maximum Gasteiger partial charge on any atom is 0.159 e. The highest BCUT2D eigenvalue weighted by molar-refractivity contribution is 5.27. The second kappa shape index (κ2) is 3.97. The Morgan fingerprint density at radius 2 is 2.06 bits per heavy atom. The summed E-state index contributed by atoms with van der Waals surface area (Å²) in [7, 11) is 1.68. The van der Waals surface area contributed by atoms with Crippen LogP contribution in [0, 0.1) is 11.6 Å². The maximum atomic E-state index is 13.0. The van der Waals surface area contributed by atoms with E-state index in [0.717, 1.165) is 12.1 Å². The van der Waals surface area contributed by atoms with Gasteiger partial charge < -0.3 is 5.73 Å². The zero-order valence-electron chi connectivity index (χ0n) is 8.56. The third-order valence-electron chi connectivity index (χ3n) is 2.37. The lowest BCUT2D eigenvalue weighted by Gasteiger charge is -2.11. The summed E-state index contributed by atoms with van der Waals surface area (Å²) >= 11 is 0. The molecule has 0 aliphatic heterocycles. The number of hydrogen-bond acceptors (Lipinski definition) is 3. The van der Waals surface area contributed by atoms with E-state index in [1.807, 2.05) is 0 Å². The second-order valence-electron chi connectivity index (χ2n) is 3.43. The first-order valence-electron chi connectivity index (χ1n) is 4.64. The standard InChI is InChI=1S/C10H10F2N4/c1-16-9(5-14-15-16)10(13)6-2-3-7(11)8(12)4-6/h2-5,10H,13H2,1H3. The predicted octanol–water partition coefficient (Wildman–Crippen LogP) is 1.14. The Hall–Kier alpha value is -1.82. The second-order valence-corrected chi connectivity index (χ2v) is 3.43. The zero-order valence-corrected chi connectivity index (χ0v) is 8.56. The van der Waals surface area contributed by atoms with Crippen LogP contribution in [-0.4, -0.2) is 15.0 Å². The van der Waals surface area contributed by atoms with Crippen LogP contribution in [0.1, 0.15) is 17.3 Å². The molecular formula is C10H10F2N4. The fourth-order valence-corrected chi connectivity index (χ4v) is 1.46. The van der Waals surface area contributed by atoms with Crippen LogP contribution < -0.4 is 5.73 Å². The van der Waals surface area contributed by atoms with E-state index >= 15 is 0 Å². The van der Waals surface area contributed by atoms with Crippen LogP contribution in [0.5, 0.6) is 0 Å². The van der Waals surface area contributed by atoms with Gasteiger partial charge in [0.2, 0.25) is 0 Å². The fourth-order valence-electron chi connectivity index (χ4n) is 1.46. The molecule has 0 saturated carbocycles. The summed E-state index contributed by atoms with van der Waals surface area (Å²) in [5.74, 6) is -1.80. The van der Waals surface area contributed by atoms with Crippen molar-refractivity contribution in [2.75, 3.05) is 0 Å². The first-order chi connectivity index (χ1) is 7.59. The molecule has 2 rings (SSSR count). The lowest BCUT2D eigenvalue weighted by molar-refractivity contribution is 0.505. The Labute approximate surface area is 90.7 Å². The van der Waals surface area contributed by atoms with E-state index in [2.05, 4.69) is 10.3 Å². The minimum atomic E-state index is -0.914. The van der Waals surface area contributed by atoms with Crippen LogP contribution in [-0.2, 0) is 7.05 Å². The van der Waals surface area contributed by atoms with Crippen molar-refractivity contribution in [3.8, 4) is 0 Å². The van der Waals surface area contributed by atoms with Gasteiger partial charge >= 0.3 is 0 Å². The Balaban J connectivity index is 2.38. The number of benzene rings is 1. The molecule has 6 heteroatoms. The van der Waals surface area contributed by atoms with Gasteiger partial charge in [-0.3, -0.25) is 4.68 Å². The van der Waals surface area contributed by atoms with Crippen molar-refractivity contribution in [1.82, 2.24) is 15.0 Å². The molecular weight excluding hydrogens is 214 g/mol. The van der Waals surface area contributed by atoms with E-state index in [1.54, 1.807) is 7.05 Å². The van der Waals surface area contributed by atoms with Gasteiger partial charge in [0.25, 0.3) is 0 Å². The molecule has 0 radical (unpaired) electrons. The van der Waals surface area contributed by atoms with Crippen molar-refractivity contribution in [3.63, 3.8) is 0 Å². The third-order valence-corrected chi connectivity index (χ3v) is 2.37. The van der Waals surface area contributed by atoms with Gasteiger partial charge in [-0.25, -0.2) is 8.78 Å². The summed E-state index contributed by atoms with van der Waals surface area (Å²) in [4.78, 5) is 0. The lowest BCUT2D eigenvalue weighted by Crippen LogP contribution is -2.16. The van der Waals surface area contributed by atoms with Gasteiger partial charge in [0.05, 0.1) is 17.9 Å². The number of halogens is 2. The molecule has 2 aromatic rings. The topological polar surface area (TPSA) is 56.7 Å². The number of aromatic nitrogens is 3. The summed E-state index contributed by atoms with van der Waals surface area (Å²) < 4.78 is 27.2. The van der Waals surface area contributed by atoms with Crippen molar-refractivity contribution >= 4 is 0 Å². The van der Waals surface area contributed by atoms with Crippen LogP contribution in [0.15, 0.2) is 24.4 Å². The Kier molecular flexibility index (Phi) is 2.66. The van der Waals surface area contributed by atoms with Crippen molar-refractivity contribution in [3.05, 3.63) is 47.3 Å². The van der Waals surface area contributed by atoms with Gasteiger partial charge in [0, 0.05) is 7.05 Å². The summed E-state index contributed by atoms with van der Waals surface area (Å²) in [6.07, 6.45) is 1.49. The van der Waals surface area contributed by atoms with Crippen LogP contribution in [0.4, 0.5) is 8.78 Å². The summed E-state index contributed by atoms with van der Waals surface area (Å²) in [5.41, 5.74) is 7.00. The largest absolute Gasteiger partial charge is 0.319 e. The molecule has 84 valence electrons. The highest BCUT2D eigenvalue weighted by Gasteiger charge is 2.15. The average molecular weight is 224 g/mol. The van der Waals surface area contributed by atoms with Crippen molar-refractivity contribution < 1.29 is 8.78 Å². The Morgan fingerprint density at radius 1 is 1.31 bits per heavy atom. The van der Waals surface area contributed by atoms with Crippen molar-refractivity contribution in [1.29, 1.82) is 0 Å². The highest BCUT2D eigenvalue weighted by Crippen LogP contribution is 2.19. The molecule has 4 nitrogen and oxygen atoms in total. The SMILES string of the molecule is Cn1nncc1C(N)c1ccc(F)c(F)c1. The van der Waals surface area contributed by atoms with Gasteiger partial charge in [0.15, 0.2) is 11.6 Å². The molecule has 16 heavy (non-hydrogen) atoms. The summed E-state index contributed by atoms with van der Waals surface area (Å²) in [5, 5.41) is 7.40. The number of nitrogens with two attached hydrogens (primary N) is 1. The van der Waals surface area contributed by atoms with E-state index in [1.165, 1.54) is 16.9 Å². The van der Waals surface area contributed by atoms with Crippen LogP contribution in [0.2, 0.25) is 0 Å². The van der Waals surface area contributed by atoms with Crippen LogP contribution in [0.25, 0.3) is 0 Å². The van der Waals surface area contributed by atoms with E-state index < -0.39 is 17.7 Å². The van der Waals surface area contributed by atoms with Gasteiger partial charge in [-0.15, -0.1) is 5.10 Å². The van der Waals surface area contributed by atoms with Crippen molar-refractivity contribution in [2.24, 2.45) is 12.8 Å². The molecule has 1 heterocycles. The molecule has 0 saturated heterocycles. The smallest absolute Gasteiger partial charge is 0.159 e. The lowest BCUT2D eigenvalue weighted by atomic mass is 10.1. The minimum Gasteiger partial charge on any atom is -0.319 e. The normalized spacial score (nSPS) is 12.8. The molecule has 1 atom stereocenters. The highest BCUT2D eigenvalue weighted by atomic mass is 19.2. The van der Waals surface area contributed by atoms with Crippen LogP contribution >= 0.6 is 0 Å². The summed E-state index contributed by atoms with van der Waals surface area (Å²) in [6, 6.07) is 2.99. The van der Waals surface area contributed by atoms with Gasteiger partial charge in [-0.2, -0.15) is 0 Å². The molecule has 0 bridgehead atoms. The summed E-state index contributed by atoms with van der Waals surface area (Å²) in [6.45, 7) is 0. The van der Waals surface area contributed by atoms with E-state index in [9.17, 15) is 8.78 Å². The zero-order chi connectivity index (χ0) is 11.7. The fraction of sp³-hybridized carbons (Fsp3) is 0.200. The molecule has 1 aromatic heterocycles. The molecule has 0 aliphatic rings. The first kappa shape index (κ1) is 10.7. The molecule has 1 unspecified atom stereocenters. The molecule has 1 aromatic carbocycles. The van der Waals surface area contributed by atoms with E-state index in [0.29, 0.717) is 11.3 Å². The first-order valence-corrected chi connectivity index (χ1v) is 4.64. The van der Waals surface area contributed by atoms with Gasteiger partial charge in [0.1, 0.15) is 0 Å². The van der Waals surface area contributed by atoms with Crippen molar-refractivity contribution in [2.45, 2.75) is 6.04 Å². The Morgan fingerprint density at radius 3 is 2.62 bits per heavy atom. The number of aryl methyl sites for hydroxylation is 1. The van der Waals surface area contributed by atoms with Gasteiger partial charge in [-0.1, -0.05) is 11.3 Å². The number of nitrogens with zero attached hydrogens (tertiary/aromatic N) is 3. The minimum absolute atomic E-state index is 0.476. The number of rotatable bonds is 2. The van der Waals surface area contributed by atoms with E-state index in [-0.39, 0.29) is 0 Å². The molecule has 0 aliphatic carbocycles. The molecule has 0 spiro atoms. The van der Waals surface area contributed by atoms with E-state index in [4.69, 9.17) is 5.73 Å². The third kappa shape index (κ3) is 1.79. The quantitative estimate of drug-likeness (QED) is 0.832. The molecule has 0 amide bonds. The monoisotopic (exact) mass is 224 g/mol. The average Bonchev–Trinajstić information content (AvgIpc) is 2.67. The Bertz CT molecular complexity index is 509.